The zero-order valence-corrected chi connectivity index (χ0v) is 18.1. The molecule has 0 aliphatic heterocycles. The fourth-order valence-corrected chi connectivity index (χ4v) is 4.65. The Labute approximate surface area is 171 Å². The predicted molar refractivity (Wildman–Crippen MR) is 110 cm³/mol. The fourth-order valence-electron chi connectivity index (χ4n) is 1.96. The van der Waals surface area contributed by atoms with Crippen molar-refractivity contribution in [3.63, 3.8) is 0 Å². The number of nitrogens with zero attached hydrogens (tertiary/aromatic N) is 1. The molecule has 25 heavy (non-hydrogen) atoms. The molecule has 0 aliphatic carbocycles. The molecule has 2 aromatic carbocycles. The van der Waals surface area contributed by atoms with E-state index >= 15 is 0 Å². The van der Waals surface area contributed by atoms with Crippen LogP contribution in [0.1, 0.15) is 0 Å². The summed E-state index contributed by atoms with van der Waals surface area (Å²) in [5.74, 6) is 0.605. The van der Waals surface area contributed by atoms with Gasteiger partial charge in [-0.25, -0.2) is 8.42 Å². The van der Waals surface area contributed by atoms with E-state index in [4.69, 9.17) is 27.9 Å². The van der Waals surface area contributed by atoms with Crippen LogP contribution in [0.4, 0.5) is 5.69 Å². The van der Waals surface area contributed by atoms with Crippen LogP contribution < -0.4 is 9.46 Å². The molecular formula is C16H17Cl2IN2O3S. The van der Waals surface area contributed by atoms with Crippen LogP contribution in [-0.4, -0.2) is 40.6 Å². The second-order valence-corrected chi connectivity index (χ2v) is 9.05. The zero-order chi connectivity index (χ0) is 18.6. The van der Waals surface area contributed by atoms with E-state index in [1.165, 1.54) is 12.1 Å². The largest absolute Gasteiger partial charge is 0.491 e. The molecule has 0 aliphatic rings. The minimum atomic E-state index is -3.92. The number of halogens is 3. The maximum atomic E-state index is 12.6. The highest BCUT2D eigenvalue weighted by atomic mass is 127. The molecule has 0 saturated heterocycles. The lowest BCUT2D eigenvalue weighted by molar-refractivity contribution is 0.260. The first-order valence-electron chi connectivity index (χ1n) is 7.24. The molecule has 5 nitrogen and oxygen atoms in total. The second-order valence-electron chi connectivity index (χ2n) is 5.45. The lowest BCUT2D eigenvalue weighted by Crippen LogP contribution is -2.19. The molecule has 2 aromatic rings. The summed E-state index contributed by atoms with van der Waals surface area (Å²) in [6, 6.07) is 9.61. The highest BCUT2D eigenvalue weighted by Gasteiger charge is 2.22. The number of benzene rings is 2. The molecule has 2 rings (SSSR count). The van der Waals surface area contributed by atoms with Gasteiger partial charge in [-0.1, -0.05) is 29.3 Å². The Bertz CT molecular complexity index is 840. The van der Waals surface area contributed by atoms with Gasteiger partial charge in [0.25, 0.3) is 10.0 Å². The molecule has 0 bridgehead atoms. The first kappa shape index (κ1) is 20.6. The van der Waals surface area contributed by atoms with Crippen molar-refractivity contribution in [2.45, 2.75) is 4.90 Å². The maximum absolute atomic E-state index is 12.6. The monoisotopic (exact) mass is 514 g/mol. The van der Waals surface area contributed by atoms with Gasteiger partial charge in [-0.2, -0.15) is 0 Å². The van der Waals surface area contributed by atoms with E-state index < -0.39 is 10.0 Å². The Morgan fingerprint density at radius 1 is 1.16 bits per heavy atom. The lowest BCUT2D eigenvalue weighted by Gasteiger charge is -2.14. The predicted octanol–water partition coefficient (Wildman–Crippen LogP) is 4.34. The number of nitrogens with one attached hydrogen (secondary N) is 1. The summed E-state index contributed by atoms with van der Waals surface area (Å²) in [6.07, 6.45) is 0. The Morgan fingerprint density at radius 2 is 1.80 bits per heavy atom. The van der Waals surface area contributed by atoms with Gasteiger partial charge in [-0.3, -0.25) is 4.72 Å². The number of sulfonamides is 1. The van der Waals surface area contributed by atoms with Gasteiger partial charge in [-0.05, 0) is 61.0 Å². The minimum absolute atomic E-state index is 0.0629. The van der Waals surface area contributed by atoms with E-state index in [1.807, 2.05) is 19.0 Å². The van der Waals surface area contributed by atoms with E-state index in [0.29, 0.717) is 18.0 Å². The van der Waals surface area contributed by atoms with Crippen LogP contribution >= 0.6 is 45.8 Å². The number of hydrogen-bond donors (Lipinski definition) is 1. The third kappa shape index (κ3) is 5.62. The molecule has 1 N–H and O–H groups in total. The quantitative estimate of drug-likeness (QED) is 0.558. The van der Waals surface area contributed by atoms with Gasteiger partial charge >= 0.3 is 0 Å². The van der Waals surface area contributed by atoms with Crippen molar-refractivity contribution in [1.82, 2.24) is 4.90 Å². The van der Waals surface area contributed by atoms with Gasteiger partial charge in [0.2, 0.25) is 0 Å². The van der Waals surface area contributed by atoms with Crippen LogP contribution in [0.25, 0.3) is 0 Å². The Balaban J connectivity index is 2.25. The van der Waals surface area contributed by atoms with E-state index in [9.17, 15) is 8.42 Å². The van der Waals surface area contributed by atoms with Gasteiger partial charge in [0.05, 0.1) is 19.3 Å². The second kappa shape index (κ2) is 8.77. The summed E-state index contributed by atoms with van der Waals surface area (Å²) in [5.41, 5.74) is 0.372. The van der Waals surface area contributed by atoms with Crippen molar-refractivity contribution in [3.05, 3.63) is 50.0 Å². The maximum Gasteiger partial charge on any atom is 0.264 e. The fraction of sp³-hybridized carbons (Fsp3) is 0.250. The Hall–Kier alpha value is -0.740. The molecule has 0 unspecified atom stereocenters. The zero-order valence-electron chi connectivity index (χ0n) is 13.6. The van der Waals surface area contributed by atoms with E-state index in [2.05, 4.69) is 27.3 Å². The van der Waals surface area contributed by atoms with Crippen molar-refractivity contribution in [2.75, 3.05) is 32.0 Å². The molecule has 136 valence electrons. The van der Waals surface area contributed by atoms with Crippen molar-refractivity contribution in [2.24, 2.45) is 0 Å². The summed E-state index contributed by atoms with van der Waals surface area (Å²) < 4.78 is 34.3. The molecule has 0 radical (unpaired) electrons. The van der Waals surface area contributed by atoms with E-state index in [1.54, 1.807) is 24.3 Å². The van der Waals surface area contributed by atoms with Crippen molar-refractivity contribution in [3.8, 4) is 5.75 Å². The summed E-state index contributed by atoms with van der Waals surface area (Å²) in [7, 11) is -0.0171. The summed E-state index contributed by atoms with van der Waals surface area (Å²) in [4.78, 5) is 1.85. The topological polar surface area (TPSA) is 58.6 Å². The normalized spacial score (nSPS) is 11.6. The van der Waals surface area contributed by atoms with E-state index in [-0.39, 0.29) is 14.9 Å². The summed E-state index contributed by atoms with van der Waals surface area (Å²) in [5, 5.41) is 0.126. The van der Waals surface area contributed by atoms with E-state index in [0.717, 1.165) is 10.1 Å². The van der Waals surface area contributed by atoms with Gasteiger partial charge in [0.1, 0.15) is 17.3 Å². The van der Waals surface area contributed by atoms with Gasteiger partial charge < -0.3 is 9.64 Å². The average molecular weight is 515 g/mol. The number of hydrogen-bond acceptors (Lipinski definition) is 4. The SMILES string of the molecule is CN(C)CCOc1cc(NS(=O)(=O)c2c(Cl)cccc2Cl)ccc1I. The Morgan fingerprint density at radius 3 is 2.40 bits per heavy atom. The Kier molecular flexibility index (Phi) is 7.21. The minimum Gasteiger partial charge on any atom is -0.491 e. The molecule has 0 aromatic heterocycles. The van der Waals surface area contributed by atoms with Crippen LogP contribution in [0.5, 0.6) is 5.75 Å². The van der Waals surface area contributed by atoms with Crippen LogP contribution in [0.15, 0.2) is 41.3 Å². The van der Waals surface area contributed by atoms with Crippen molar-refractivity contribution < 1.29 is 13.2 Å². The number of anilines is 1. The standard InChI is InChI=1S/C16H17Cl2IN2O3S/c1-21(2)8-9-24-15-10-11(6-7-14(15)19)20-25(22,23)16-12(17)4-3-5-13(16)18/h3-7,10,20H,8-9H2,1-2H3. The third-order valence-electron chi connectivity index (χ3n) is 3.17. The molecule has 0 saturated carbocycles. The highest BCUT2D eigenvalue weighted by molar-refractivity contribution is 14.1. The van der Waals surface area contributed by atoms with Gasteiger partial charge in [0.15, 0.2) is 0 Å². The third-order valence-corrected chi connectivity index (χ3v) is 6.39. The average Bonchev–Trinajstić information content (AvgIpc) is 2.49. The molecule has 0 fully saturated rings. The molecule has 0 amide bonds. The highest BCUT2D eigenvalue weighted by Crippen LogP contribution is 2.32. The van der Waals surface area contributed by atoms with Gasteiger partial charge in [-0.15, -0.1) is 0 Å². The molecule has 0 heterocycles. The first-order chi connectivity index (χ1) is 11.7. The van der Waals surface area contributed by atoms with Crippen LogP contribution in [0, 0.1) is 3.57 Å². The van der Waals surface area contributed by atoms with Crippen LogP contribution in [-0.2, 0) is 10.0 Å². The van der Waals surface area contributed by atoms with Gasteiger partial charge in [0, 0.05) is 12.6 Å². The number of ether oxygens (including phenoxy) is 1. The van der Waals surface area contributed by atoms with Crippen molar-refractivity contribution >= 4 is 61.5 Å². The molecule has 0 atom stereocenters. The summed E-state index contributed by atoms with van der Waals surface area (Å²) >= 11 is 14.1. The number of rotatable bonds is 7. The molecular weight excluding hydrogens is 498 g/mol. The number of likely N-dealkylation sites (N-methyl/N-ethyl adjacent to an activating group) is 1. The molecule has 0 spiro atoms. The van der Waals surface area contributed by atoms with Crippen LogP contribution in [0.2, 0.25) is 10.0 Å². The molecule has 9 heteroatoms. The van der Waals surface area contributed by atoms with Crippen molar-refractivity contribution in [1.29, 1.82) is 0 Å². The summed E-state index contributed by atoms with van der Waals surface area (Å²) in [6.45, 7) is 1.25. The van der Waals surface area contributed by atoms with Crippen LogP contribution in [0.3, 0.4) is 0 Å². The smallest absolute Gasteiger partial charge is 0.264 e. The first-order valence-corrected chi connectivity index (χ1v) is 10.6. The lowest BCUT2D eigenvalue weighted by atomic mass is 10.3.